The minimum atomic E-state index is -0.765. The van der Waals surface area contributed by atoms with E-state index in [1.54, 1.807) is 0 Å². The Morgan fingerprint density at radius 1 is 1.08 bits per heavy atom. The van der Waals surface area contributed by atoms with E-state index in [1.165, 1.54) is 6.07 Å². The van der Waals surface area contributed by atoms with Crippen molar-refractivity contribution >= 4 is 18.3 Å². The van der Waals surface area contributed by atoms with Crippen LogP contribution in [0.2, 0.25) is 0 Å². The van der Waals surface area contributed by atoms with Crippen molar-refractivity contribution < 1.29 is 8.78 Å². The summed E-state index contributed by atoms with van der Waals surface area (Å²) in [5, 5.41) is 0. The molecule has 4 N–H and O–H groups in total. The van der Waals surface area contributed by atoms with Crippen molar-refractivity contribution in [1.82, 2.24) is 0 Å². The predicted octanol–water partition coefficient (Wildman–Crippen LogP) is 2.89. The zero-order valence-corrected chi connectivity index (χ0v) is 13.0. The van der Waals surface area contributed by atoms with Gasteiger partial charge in [0.15, 0.2) is 0 Å². The zero-order chi connectivity index (χ0) is 17.5. The minimum absolute atomic E-state index is 0.00467. The SMILES string of the molecule is C=N/C(=C(/CN)C(N)=NCc1ccccc1)c1ccc(F)cc1F. The second-order valence-corrected chi connectivity index (χ2v) is 5.00. The van der Waals surface area contributed by atoms with Crippen LogP contribution >= 0.6 is 0 Å². The molecule has 0 saturated heterocycles. The van der Waals surface area contributed by atoms with Crippen molar-refractivity contribution in [3.05, 3.63) is 76.9 Å². The van der Waals surface area contributed by atoms with Crippen molar-refractivity contribution in [2.45, 2.75) is 6.54 Å². The summed E-state index contributed by atoms with van der Waals surface area (Å²) >= 11 is 0. The van der Waals surface area contributed by atoms with Crippen molar-refractivity contribution in [2.75, 3.05) is 6.54 Å². The molecule has 0 spiro atoms. The predicted molar refractivity (Wildman–Crippen MR) is 93.6 cm³/mol. The van der Waals surface area contributed by atoms with E-state index in [2.05, 4.69) is 16.7 Å². The number of amidine groups is 1. The average Bonchev–Trinajstić information content (AvgIpc) is 2.59. The van der Waals surface area contributed by atoms with Crippen LogP contribution in [-0.2, 0) is 6.54 Å². The number of rotatable bonds is 6. The highest BCUT2D eigenvalue weighted by atomic mass is 19.1. The van der Waals surface area contributed by atoms with Crippen LogP contribution in [0.1, 0.15) is 11.1 Å². The van der Waals surface area contributed by atoms with E-state index in [0.29, 0.717) is 12.1 Å². The van der Waals surface area contributed by atoms with E-state index >= 15 is 0 Å². The molecule has 0 fully saturated rings. The van der Waals surface area contributed by atoms with Gasteiger partial charge in [0.25, 0.3) is 0 Å². The first-order valence-electron chi connectivity index (χ1n) is 7.26. The molecule has 0 aromatic heterocycles. The van der Waals surface area contributed by atoms with Gasteiger partial charge in [-0.1, -0.05) is 30.3 Å². The van der Waals surface area contributed by atoms with Crippen LogP contribution in [0.25, 0.3) is 5.70 Å². The van der Waals surface area contributed by atoms with Gasteiger partial charge in [-0.25, -0.2) is 8.78 Å². The summed E-state index contributed by atoms with van der Waals surface area (Å²) in [6.45, 7) is 3.79. The molecule has 2 aromatic carbocycles. The maximum Gasteiger partial charge on any atom is 0.135 e. The first kappa shape index (κ1) is 17.5. The fourth-order valence-corrected chi connectivity index (χ4v) is 2.20. The maximum atomic E-state index is 14.0. The van der Waals surface area contributed by atoms with Crippen molar-refractivity contribution in [3.8, 4) is 0 Å². The number of hydrogen-bond donors (Lipinski definition) is 2. The molecule has 0 aliphatic heterocycles. The summed E-state index contributed by atoms with van der Waals surface area (Å²) in [5.74, 6) is -1.30. The highest BCUT2D eigenvalue weighted by Gasteiger charge is 2.15. The van der Waals surface area contributed by atoms with E-state index < -0.39 is 11.6 Å². The van der Waals surface area contributed by atoms with Crippen molar-refractivity contribution in [1.29, 1.82) is 0 Å². The summed E-state index contributed by atoms with van der Waals surface area (Å²) < 4.78 is 27.1. The molecule has 0 radical (unpaired) electrons. The highest BCUT2D eigenvalue weighted by Crippen LogP contribution is 2.23. The maximum absolute atomic E-state index is 14.0. The Kier molecular flexibility index (Phi) is 5.92. The topological polar surface area (TPSA) is 76.8 Å². The third-order valence-electron chi connectivity index (χ3n) is 3.42. The van der Waals surface area contributed by atoms with Gasteiger partial charge in [0, 0.05) is 23.7 Å². The Balaban J connectivity index is 2.41. The van der Waals surface area contributed by atoms with Gasteiger partial charge in [-0.15, -0.1) is 0 Å². The van der Waals surface area contributed by atoms with Crippen LogP contribution in [0.4, 0.5) is 8.78 Å². The second-order valence-electron chi connectivity index (χ2n) is 5.00. The summed E-state index contributed by atoms with van der Waals surface area (Å²) in [7, 11) is 0. The summed E-state index contributed by atoms with van der Waals surface area (Å²) in [6, 6.07) is 12.7. The Morgan fingerprint density at radius 3 is 2.38 bits per heavy atom. The van der Waals surface area contributed by atoms with E-state index in [1.807, 2.05) is 30.3 Å². The molecule has 124 valence electrons. The van der Waals surface area contributed by atoms with Gasteiger partial charge >= 0.3 is 0 Å². The lowest BCUT2D eigenvalue weighted by molar-refractivity contribution is 0.581. The molecule has 0 amide bonds. The molecule has 4 nitrogen and oxygen atoms in total. The van der Waals surface area contributed by atoms with E-state index in [-0.39, 0.29) is 23.6 Å². The number of nitrogens with zero attached hydrogens (tertiary/aromatic N) is 2. The van der Waals surface area contributed by atoms with Crippen LogP contribution < -0.4 is 11.5 Å². The second kappa shape index (κ2) is 8.12. The number of nitrogens with two attached hydrogens (primary N) is 2. The lowest BCUT2D eigenvalue weighted by atomic mass is 10.0. The fourth-order valence-electron chi connectivity index (χ4n) is 2.20. The molecule has 0 unspecified atom stereocenters. The molecule has 6 heteroatoms. The summed E-state index contributed by atoms with van der Waals surface area (Å²) in [4.78, 5) is 8.10. The summed E-state index contributed by atoms with van der Waals surface area (Å²) in [5.41, 5.74) is 13.3. The van der Waals surface area contributed by atoms with E-state index in [9.17, 15) is 8.78 Å². The molecule has 0 atom stereocenters. The molecule has 2 aromatic rings. The largest absolute Gasteiger partial charge is 0.384 e. The van der Waals surface area contributed by atoms with Gasteiger partial charge in [-0.3, -0.25) is 9.98 Å². The first-order chi connectivity index (χ1) is 11.6. The molecule has 24 heavy (non-hydrogen) atoms. The molecule has 0 heterocycles. The van der Waals surface area contributed by atoms with Gasteiger partial charge in [-0.05, 0) is 24.4 Å². The van der Waals surface area contributed by atoms with Crippen LogP contribution in [0.15, 0.2) is 64.1 Å². The highest BCUT2D eigenvalue weighted by molar-refractivity contribution is 6.04. The Bertz CT molecular complexity index is 783. The molecule has 0 saturated carbocycles. The third-order valence-corrected chi connectivity index (χ3v) is 3.42. The van der Waals surface area contributed by atoms with E-state index in [4.69, 9.17) is 11.5 Å². The summed E-state index contributed by atoms with van der Waals surface area (Å²) in [6.07, 6.45) is 0. The van der Waals surface area contributed by atoms with Crippen LogP contribution in [0, 0.1) is 11.6 Å². The Morgan fingerprint density at radius 2 is 1.79 bits per heavy atom. The average molecular weight is 328 g/mol. The first-order valence-corrected chi connectivity index (χ1v) is 7.26. The molecule has 0 aliphatic carbocycles. The van der Waals surface area contributed by atoms with Crippen LogP contribution in [0.5, 0.6) is 0 Å². The number of aliphatic imine (C=N–C) groups is 2. The standard InChI is InChI=1S/C18H18F2N4/c1-23-17(14-8-7-13(19)9-16(14)20)15(10-21)18(22)24-11-12-5-3-2-4-6-12/h2-9H,1,10-11,21H2,(H2,22,24)/b17-15-. The number of benzene rings is 2. The monoisotopic (exact) mass is 328 g/mol. The lowest BCUT2D eigenvalue weighted by Gasteiger charge is -2.11. The van der Waals surface area contributed by atoms with Gasteiger partial charge in [0.2, 0.25) is 0 Å². The van der Waals surface area contributed by atoms with Crippen LogP contribution in [0.3, 0.4) is 0 Å². The lowest BCUT2D eigenvalue weighted by Crippen LogP contribution is -2.23. The van der Waals surface area contributed by atoms with Gasteiger partial charge in [0.05, 0.1) is 12.2 Å². The minimum Gasteiger partial charge on any atom is -0.384 e. The quantitative estimate of drug-likeness (QED) is 0.632. The fraction of sp³-hybridized carbons (Fsp3) is 0.111. The smallest absolute Gasteiger partial charge is 0.135 e. The number of halogens is 2. The van der Waals surface area contributed by atoms with Gasteiger partial charge in [0.1, 0.15) is 17.5 Å². The Labute approximate surface area is 139 Å². The molecule has 0 bridgehead atoms. The molecular weight excluding hydrogens is 310 g/mol. The van der Waals surface area contributed by atoms with E-state index in [0.717, 1.165) is 17.7 Å². The molecule has 0 aliphatic rings. The molecule has 2 rings (SSSR count). The Hall–Kier alpha value is -2.86. The van der Waals surface area contributed by atoms with Crippen molar-refractivity contribution in [2.24, 2.45) is 21.5 Å². The van der Waals surface area contributed by atoms with Gasteiger partial charge < -0.3 is 11.5 Å². The van der Waals surface area contributed by atoms with Gasteiger partial charge in [-0.2, -0.15) is 0 Å². The normalized spacial score (nSPS) is 12.7. The van der Waals surface area contributed by atoms with Crippen LogP contribution in [-0.4, -0.2) is 19.1 Å². The third kappa shape index (κ3) is 4.11. The number of hydrogen-bond acceptors (Lipinski definition) is 3. The van der Waals surface area contributed by atoms with Crippen molar-refractivity contribution in [3.63, 3.8) is 0 Å². The molecular formula is C18H18F2N4. The zero-order valence-electron chi connectivity index (χ0n) is 13.0.